The molecule has 112 valence electrons. The zero-order valence-corrected chi connectivity index (χ0v) is 12.3. The molecular weight excluding hydrogens is 325 g/mol. The van der Waals surface area contributed by atoms with E-state index < -0.39 is 11.7 Å². The van der Waals surface area contributed by atoms with Crippen LogP contribution in [0, 0.1) is 6.92 Å². The van der Waals surface area contributed by atoms with Gasteiger partial charge in [0.1, 0.15) is 10.8 Å². The van der Waals surface area contributed by atoms with Crippen molar-refractivity contribution in [3.63, 3.8) is 0 Å². The minimum Gasteiger partial charge on any atom is -0.310 e. The number of anilines is 1. The second-order valence-electron chi connectivity index (χ2n) is 3.85. The Balaban J connectivity index is 1.88. The van der Waals surface area contributed by atoms with Crippen molar-refractivity contribution in [2.75, 3.05) is 11.1 Å². The molecule has 0 saturated heterocycles. The van der Waals surface area contributed by atoms with Crippen LogP contribution in [0.2, 0.25) is 0 Å². The van der Waals surface area contributed by atoms with Crippen LogP contribution >= 0.6 is 23.1 Å². The average molecular weight is 334 g/mol. The monoisotopic (exact) mass is 334 g/mol. The minimum absolute atomic E-state index is 0.0713. The van der Waals surface area contributed by atoms with E-state index in [1.165, 1.54) is 23.1 Å². The number of halogens is 3. The maximum absolute atomic E-state index is 12.4. The van der Waals surface area contributed by atoms with Crippen molar-refractivity contribution in [3.8, 4) is 0 Å². The van der Waals surface area contributed by atoms with Crippen LogP contribution < -0.4 is 5.32 Å². The van der Waals surface area contributed by atoms with Crippen LogP contribution in [0.5, 0.6) is 0 Å². The van der Waals surface area contributed by atoms with Gasteiger partial charge in [0, 0.05) is 6.20 Å². The lowest BCUT2D eigenvalue weighted by molar-refractivity contribution is -0.137. The molecule has 0 radical (unpaired) electrons. The van der Waals surface area contributed by atoms with Crippen LogP contribution in [-0.2, 0) is 11.0 Å². The molecule has 0 atom stereocenters. The summed E-state index contributed by atoms with van der Waals surface area (Å²) >= 11 is 2.56. The van der Waals surface area contributed by atoms with E-state index in [0.29, 0.717) is 10.5 Å². The van der Waals surface area contributed by atoms with Crippen molar-refractivity contribution in [2.24, 2.45) is 0 Å². The first-order valence-electron chi connectivity index (χ1n) is 5.60. The molecule has 1 N–H and O–H groups in total. The lowest BCUT2D eigenvalue weighted by atomic mass is 10.3. The topological polar surface area (TPSA) is 67.8 Å². The molecule has 0 fully saturated rings. The van der Waals surface area contributed by atoms with Gasteiger partial charge in [0.05, 0.1) is 11.3 Å². The number of rotatable bonds is 4. The van der Waals surface area contributed by atoms with E-state index in [-0.39, 0.29) is 17.5 Å². The molecule has 5 nitrogen and oxygen atoms in total. The summed E-state index contributed by atoms with van der Waals surface area (Å²) in [5.74, 6) is -0.223. The van der Waals surface area contributed by atoms with Gasteiger partial charge in [-0.3, -0.25) is 4.79 Å². The van der Waals surface area contributed by atoms with Crippen molar-refractivity contribution in [3.05, 3.63) is 28.9 Å². The Morgan fingerprint density at radius 3 is 2.67 bits per heavy atom. The summed E-state index contributed by atoms with van der Waals surface area (Å²) in [7, 11) is 0. The van der Waals surface area contributed by atoms with Crippen LogP contribution in [0.3, 0.4) is 0 Å². The summed E-state index contributed by atoms with van der Waals surface area (Å²) in [5.41, 5.74) is -0.862. The van der Waals surface area contributed by atoms with Crippen molar-refractivity contribution >= 4 is 34.8 Å². The molecule has 0 saturated carbocycles. The van der Waals surface area contributed by atoms with Gasteiger partial charge in [-0.05, 0) is 19.1 Å². The number of carbonyl (C=O) groups is 1. The van der Waals surface area contributed by atoms with Gasteiger partial charge < -0.3 is 5.32 Å². The summed E-state index contributed by atoms with van der Waals surface area (Å²) in [6, 6.07) is 1.98. The SMILES string of the molecule is Cc1nnc(SCC(=O)Nc2ccc(C(F)(F)F)cn2)s1. The van der Waals surface area contributed by atoms with Gasteiger partial charge in [-0.25, -0.2) is 4.98 Å². The predicted octanol–water partition coefficient (Wildman–Crippen LogP) is 2.99. The predicted molar refractivity (Wildman–Crippen MR) is 73.2 cm³/mol. The smallest absolute Gasteiger partial charge is 0.310 e. The van der Waals surface area contributed by atoms with Crippen LogP contribution in [0.15, 0.2) is 22.7 Å². The molecule has 2 aromatic rings. The second-order valence-corrected chi connectivity index (χ2v) is 6.26. The van der Waals surface area contributed by atoms with Crippen molar-refractivity contribution in [1.29, 1.82) is 0 Å². The Morgan fingerprint density at radius 2 is 2.14 bits per heavy atom. The van der Waals surface area contributed by atoms with Gasteiger partial charge in [0.25, 0.3) is 0 Å². The van der Waals surface area contributed by atoms with E-state index in [9.17, 15) is 18.0 Å². The summed E-state index contributed by atoms with van der Waals surface area (Å²) in [4.78, 5) is 15.2. The number of alkyl halides is 3. The maximum Gasteiger partial charge on any atom is 0.417 e. The summed E-state index contributed by atoms with van der Waals surface area (Å²) in [5, 5.41) is 10.9. The number of aromatic nitrogens is 3. The molecule has 1 amide bonds. The van der Waals surface area contributed by atoms with Gasteiger partial charge in [0.15, 0.2) is 4.34 Å². The zero-order valence-electron chi connectivity index (χ0n) is 10.6. The third-order valence-electron chi connectivity index (χ3n) is 2.19. The van der Waals surface area contributed by atoms with Gasteiger partial charge in [-0.15, -0.1) is 10.2 Å². The van der Waals surface area contributed by atoms with Crippen LogP contribution in [0.25, 0.3) is 0 Å². The van der Waals surface area contributed by atoms with Crippen molar-refractivity contribution < 1.29 is 18.0 Å². The van der Waals surface area contributed by atoms with E-state index in [2.05, 4.69) is 20.5 Å². The highest BCUT2D eigenvalue weighted by atomic mass is 32.2. The Morgan fingerprint density at radius 1 is 1.38 bits per heavy atom. The normalized spacial score (nSPS) is 11.4. The van der Waals surface area contributed by atoms with Crippen LogP contribution in [0.1, 0.15) is 10.6 Å². The van der Waals surface area contributed by atoms with Crippen LogP contribution in [0.4, 0.5) is 19.0 Å². The molecule has 0 aliphatic rings. The minimum atomic E-state index is -4.44. The van der Waals surface area contributed by atoms with E-state index in [4.69, 9.17) is 0 Å². The molecule has 10 heteroatoms. The van der Waals surface area contributed by atoms with Crippen molar-refractivity contribution in [2.45, 2.75) is 17.4 Å². The van der Waals surface area contributed by atoms with Gasteiger partial charge in [-0.1, -0.05) is 23.1 Å². The quantitative estimate of drug-likeness (QED) is 0.871. The first kappa shape index (κ1) is 15.7. The number of hydrogen-bond donors (Lipinski definition) is 1. The first-order valence-corrected chi connectivity index (χ1v) is 7.41. The van der Waals surface area contributed by atoms with Crippen LogP contribution in [-0.4, -0.2) is 26.8 Å². The molecule has 21 heavy (non-hydrogen) atoms. The number of carbonyl (C=O) groups excluding carboxylic acids is 1. The molecular formula is C11H9F3N4OS2. The molecule has 0 aliphatic carbocycles. The molecule has 0 bridgehead atoms. The number of amides is 1. The van der Waals surface area contributed by atoms with E-state index in [0.717, 1.165) is 17.1 Å². The maximum atomic E-state index is 12.4. The summed E-state index contributed by atoms with van der Waals surface area (Å²) in [6.45, 7) is 1.80. The lowest BCUT2D eigenvalue weighted by Gasteiger charge is -2.07. The van der Waals surface area contributed by atoms with Gasteiger partial charge in [-0.2, -0.15) is 13.2 Å². The standard InChI is InChI=1S/C11H9F3N4OS2/c1-6-17-18-10(21-6)20-5-9(19)16-8-3-2-7(4-15-8)11(12,13)14/h2-4H,5H2,1H3,(H,15,16,19). The van der Waals surface area contributed by atoms with Crippen molar-refractivity contribution in [1.82, 2.24) is 15.2 Å². The molecule has 2 heterocycles. The lowest BCUT2D eigenvalue weighted by Crippen LogP contribution is -2.15. The highest BCUT2D eigenvalue weighted by molar-refractivity contribution is 8.01. The summed E-state index contributed by atoms with van der Waals surface area (Å²) in [6.07, 6.45) is -3.77. The van der Waals surface area contributed by atoms with E-state index in [1.807, 2.05) is 0 Å². The molecule has 0 aromatic carbocycles. The average Bonchev–Trinajstić information content (AvgIpc) is 2.82. The van der Waals surface area contributed by atoms with Gasteiger partial charge >= 0.3 is 6.18 Å². The van der Waals surface area contributed by atoms with E-state index >= 15 is 0 Å². The Bertz CT molecular complexity index is 627. The Hall–Kier alpha value is -1.68. The largest absolute Gasteiger partial charge is 0.417 e. The Kier molecular flexibility index (Phi) is 4.78. The fourth-order valence-electron chi connectivity index (χ4n) is 1.28. The van der Waals surface area contributed by atoms with E-state index in [1.54, 1.807) is 6.92 Å². The molecule has 0 spiro atoms. The number of nitrogens with zero attached hydrogens (tertiary/aromatic N) is 3. The number of nitrogens with one attached hydrogen (secondary N) is 1. The Labute approximate surface area is 126 Å². The second kappa shape index (κ2) is 6.39. The summed E-state index contributed by atoms with van der Waals surface area (Å²) < 4.78 is 37.7. The number of aryl methyl sites for hydroxylation is 1. The highest BCUT2D eigenvalue weighted by Crippen LogP contribution is 2.29. The van der Waals surface area contributed by atoms with Gasteiger partial charge in [0.2, 0.25) is 5.91 Å². The third-order valence-corrected chi connectivity index (χ3v) is 4.16. The molecule has 0 unspecified atom stereocenters. The number of thioether (sulfide) groups is 1. The molecule has 0 aliphatic heterocycles. The highest BCUT2D eigenvalue weighted by Gasteiger charge is 2.30. The molecule has 2 rings (SSSR count). The third kappa shape index (κ3) is 4.67. The zero-order chi connectivity index (χ0) is 15.5. The molecule has 2 aromatic heterocycles. The fraction of sp³-hybridized carbons (Fsp3) is 0.273. The number of hydrogen-bond acceptors (Lipinski definition) is 6. The number of pyridine rings is 1. The fourth-order valence-corrected chi connectivity index (χ4v) is 2.89. The first-order chi connectivity index (χ1) is 9.84.